The lowest BCUT2D eigenvalue weighted by molar-refractivity contribution is 0.0957. The second kappa shape index (κ2) is 9.55. The van der Waals surface area contributed by atoms with Gasteiger partial charge in [-0.25, -0.2) is 13.2 Å². The number of rotatable bonds is 8. The minimum absolute atomic E-state index is 0.0324. The molecule has 0 aliphatic rings. The van der Waals surface area contributed by atoms with Gasteiger partial charge in [-0.3, -0.25) is 9.52 Å². The summed E-state index contributed by atoms with van der Waals surface area (Å²) in [4.78, 5) is 30.4. The topological polar surface area (TPSA) is 124 Å². The average molecular weight is 483 g/mol. The lowest BCUT2D eigenvalue weighted by Gasteiger charge is -2.13. The van der Waals surface area contributed by atoms with Crippen LogP contribution in [-0.4, -0.2) is 36.6 Å². The van der Waals surface area contributed by atoms with Crippen molar-refractivity contribution in [3.05, 3.63) is 88.3 Å². The summed E-state index contributed by atoms with van der Waals surface area (Å²) in [6.45, 7) is 2.45. The van der Waals surface area contributed by atoms with Crippen LogP contribution < -0.4 is 15.7 Å². The zero-order valence-electron chi connectivity index (χ0n) is 17.7. The Hall–Kier alpha value is -3.50. The molecule has 4 aromatic rings. The number of hydrogen-bond acceptors (Lipinski definition) is 5. The number of hydrogen-bond donors (Lipinski definition) is 4. The van der Waals surface area contributed by atoms with E-state index in [4.69, 9.17) is 0 Å². The van der Waals surface area contributed by atoms with Crippen LogP contribution in [0.1, 0.15) is 15.9 Å². The van der Waals surface area contributed by atoms with E-state index in [2.05, 4.69) is 20.0 Å². The summed E-state index contributed by atoms with van der Waals surface area (Å²) in [5.41, 5.74) is 2.03. The summed E-state index contributed by atoms with van der Waals surface area (Å²) in [6, 6.07) is 18.8. The van der Waals surface area contributed by atoms with Gasteiger partial charge in [-0.15, -0.1) is 11.8 Å². The van der Waals surface area contributed by atoms with Gasteiger partial charge in [-0.2, -0.15) is 0 Å². The van der Waals surface area contributed by atoms with E-state index in [0.717, 1.165) is 4.90 Å². The highest BCUT2D eigenvalue weighted by Crippen LogP contribution is 2.22. The molecule has 1 aromatic heterocycles. The molecule has 0 saturated heterocycles. The van der Waals surface area contributed by atoms with E-state index < -0.39 is 15.7 Å². The molecule has 8 nitrogen and oxygen atoms in total. The number of thioether (sulfide) groups is 1. The van der Waals surface area contributed by atoms with E-state index in [-0.39, 0.29) is 22.1 Å². The fraction of sp³-hybridized carbons (Fsp3) is 0.130. The Morgan fingerprint density at radius 1 is 0.970 bits per heavy atom. The van der Waals surface area contributed by atoms with Crippen LogP contribution in [0.15, 0.2) is 81.3 Å². The number of imidazole rings is 1. The number of aromatic amines is 2. The number of nitrogens with one attached hydrogen (secondary N) is 4. The number of fused-ring (bicyclic) bond motifs is 1. The maximum Gasteiger partial charge on any atom is 0.323 e. The number of sulfonamides is 1. The van der Waals surface area contributed by atoms with Crippen molar-refractivity contribution in [2.75, 3.05) is 17.0 Å². The lowest BCUT2D eigenvalue weighted by atomic mass is 10.2. The van der Waals surface area contributed by atoms with E-state index in [1.54, 1.807) is 30.0 Å². The summed E-state index contributed by atoms with van der Waals surface area (Å²) in [5.74, 6) is 0.306. The number of aromatic nitrogens is 2. The maximum absolute atomic E-state index is 12.9. The van der Waals surface area contributed by atoms with Gasteiger partial charge in [0.2, 0.25) is 0 Å². The first-order valence-electron chi connectivity index (χ1n) is 10.1. The summed E-state index contributed by atoms with van der Waals surface area (Å²) in [7, 11) is -3.99. The van der Waals surface area contributed by atoms with Gasteiger partial charge in [0.05, 0.1) is 27.2 Å². The van der Waals surface area contributed by atoms with Crippen molar-refractivity contribution in [3.8, 4) is 0 Å². The molecule has 0 atom stereocenters. The highest BCUT2D eigenvalue weighted by molar-refractivity contribution is 7.99. The van der Waals surface area contributed by atoms with Crippen LogP contribution in [0.4, 0.5) is 5.69 Å². The molecule has 10 heteroatoms. The quantitative estimate of drug-likeness (QED) is 0.226. The molecule has 0 radical (unpaired) electrons. The first kappa shape index (κ1) is 22.7. The van der Waals surface area contributed by atoms with Crippen LogP contribution >= 0.6 is 11.8 Å². The summed E-state index contributed by atoms with van der Waals surface area (Å²) < 4.78 is 28.3. The van der Waals surface area contributed by atoms with Crippen LogP contribution in [0.2, 0.25) is 0 Å². The third-order valence-electron chi connectivity index (χ3n) is 4.89. The molecule has 4 N–H and O–H groups in total. The molecular weight excluding hydrogens is 460 g/mol. The lowest BCUT2D eigenvalue weighted by Crippen LogP contribution is -2.27. The SMILES string of the molecule is Cc1ccc(SCCNC(=O)c2ccccc2NS(=O)(=O)c2ccc3[nH]c(=O)[nH]c3c2)cc1. The maximum atomic E-state index is 12.9. The van der Waals surface area contributed by atoms with Crippen molar-refractivity contribution in [2.45, 2.75) is 16.7 Å². The Morgan fingerprint density at radius 3 is 2.48 bits per heavy atom. The third-order valence-corrected chi connectivity index (χ3v) is 7.27. The first-order chi connectivity index (χ1) is 15.8. The van der Waals surface area contributed by atoms with Crippen molar-refractivity contribution in [1.82, 2.24) is 15.3 Å². The normalized spacial score (nSPS) is 11.4. The Labute approximate surface area is 194 Å². The molecule has 0 unspecified atom stereocenters. The second-order valence-electron chi connectivity index (χ2n) is 7.36. The fourth-order valence-electron chi connectivity index (χ4n) is 3.22. The summed E-state index contributed by atoms with van der Waals surface area (Å²) in [6.07, 6.45) is 0. The van der Waals surface area contributed by atoms with E-state index in [1.807, 2.05) is 31.2 Å². The Morgan fingerprint density at radius 2 is 1.70 bits per heavy atom. The number of benzene rings is 3. The number of aryl methyl sites for hydroxylation is 1. The molecule has 170 valence electrons. The molecule has 0 fully saturated rings. The van der Waals surface area contributed by atoms with Crippen LogP contribution in [0.3, 0.4) is 0 Å². The molecule has 33 heavy (non-hydrogen) atoms. The first-order valence-corrected chi connectivity index (χ1v) is 12.6. The van der Waals surface area contributed by atoms with Gasteiger partial charge in [-0.1, -0.05) is 29.8 Å². The predicted molar refractivity (Wildman–Crippen MR) is 130 cm³/mol. The zero-order valence-corrected chi connectivity index (χ0v) is 19.3. The number of anilines is 1. The van der Waals surface area contributed by atoms with Crippen molar-refractivity contribution >= 4 is 44.4 Å². The van der Waals surface area contributed by atoms with Gasteiger partial charge in [0, 0.05) is 17.2 Å². The minimum atomic E-state index is -3.99. The molecular formula is C23H22N4O4S2. The standard InChI is InChI=1S/C23H22N4O4S2/c1-15-6-8-16(9-7-15)32-13-12-24-22(28)18-4-2-3-5-19(18)27-33(30,31)17-10-11-20-21(14-17)26-23(29)25-20/h2-11,14,27H,12-13H2,1H3,(H,24,28)(H2,25,26,29). The zero-order chi connectivity index (χ0) is 23.4. The van der Waals surface area contributed by atoms with Crippen molar-refractivity contribution in [3.63, 3.8) is 0 Å². The molecule has 0 aliphatic carbocycles. The molecule has 0 spiro atoms. The van der Waals surface area contributed by atoms with E-state index in [0.29, 0.717) is 23.3 Å². The average Bonchev–Trinajstić information content (AvgIpc) is 3.17. The number of H-pyrrole nitrogens is 2. The van der Waals surface area contributed by atoms with Crippen molar-refractivity contribution in [2.24, 2.45) is 0 Å². The molecule has 1 amide bonds. The number of carbonyl (C=O) groups excluding carboxylic acids is 1. The van der Waals surface area contributed by atoms with Gasteiger partial charge in [-0.05, 0) is 49.4 Å². The van der Waals surface area contributed by atoms with Gasteiger partial charge in [0.1, 0.15) is 0 Å². The fourth-order valence-corrected chi connectivity index (χ4v) is 5.09. The number of amides is 1. The van der Waals surface area contributed by atoms with Crippen molar-refractivity contribution in [1.29, 1.82) is 0 Å². The largest absolute Gasteiger partial charge is 0.351 e. The van der Waals surface area contributed by atoms with Gasteiger partial charge >= 0.3 is 5.69 Å². The molecule has 3 aromatic carbocycles. The Balaban J connectivity index is 1.44. The Kier molecular flexibility index (Phi) is 6.57. The van der Waals surface area contributed by atoms with Crippen LogP contribution in [0.25, 0.3) is 11.0 Å². The van der Waals surface area contributed by atoms with Gasteiger partial charge in [0.25, 0.3) is 15.9 Å². The molecule has 0 bridgehead atoms. The number of para-hydroxylation sites is 1. The summed E-state index contributed by atoms with van der Waals surface area (Å²) >= 11 is 1.63. The highest BCUT2D eigenvalue weighted by Gasteiger charge is 2.19. The minimum Gasteiger partial charge on any atom is -0.351 e. The predicted octanol–water partition coefficient (Wildman–Crippen LogP) is 3.49. The van der Waals surface area contributed by atoms with Crippen LogP contribution in [-0.2, 0) is 10.0 Å². The summed E-state index contributed by atoms with van der Waals surface area (Å²) in [5, 5.41) is 2.84. The smallest absolute Gasteiger partial charge is 0.323 e. The van der Waals surface area contributed by atoms with Crippen molar-refractivity contribution < 1.29 is 13.2 Å². The molecule has 1 heterocycles. The molecule has 4 rings (SSSR count). The number of carbonyl (C=O) groups is 1. The third kappa shape index (κ3) is 5.47. The monoisotopic (exact) mass is 482 g/mol. The van der Waals surface area contributed by atoms with E-state index >= 15 is 0 Å². The van der Waals surface area contributed by atoms with E-state index in [1.165, 1.54) is 29.8 Å². The Bertz CT molecular complexity index is 1460. The highest BCUT2D eigenvalue weighted by atomic mass is 32.2. The van der Waals surface area contributed by atoms with E-state index in [9.17, 15) is 18.0 Å². The van der Waals surface area contributed by atoms with Gasteiger partial charge < -0.3 is 15.3 Å². The second-order valence-corrected chi connectivity index (χ2v) is 10.2. The van der Waals surface area contributed by atoms with Crippen LogP contribution in [0, 0.1) is 6.92 Å². The molecule has 0 saturated carbocycles. The molecule has 0 aliphatic heterocycles. The van der Waals surface area contributed by atoms with Crippen LogP contribution in [0.5, 0.6) is 0 Å². The van der Waals surface area contributed by atoms with Gasteiger partial charge in [0.15, 0.2) is 0 Å².